The molecule has 1 aliphatic rings. The predicted molar refractivity (Wildman–Crippen MR) is 94.9 cm³/mol. The molecule has 0 aromatic heterocycles. The van der Waals surface area contributed by atoms with Crippen LogP contribution in [0.3, 0.4) is 0 Å². The number of hydrogen-bond acceptors (Lipinski definition) is 4. The Morgan fingerprint density at radius 2 is 1.88 bits per heavy atom. The highest BCUT2D eigenvalue weighted by Crippen LogP contribution is 2.20. The Morgan fingerprint density at radius 1 is 1.12 bits per heavy atom. The fraction of sp³-hybridized carbons (Fsp3) is 0.632. The molecule has 1 aromatic carbocycles. The molecule has 2 rings (SSSR count). The molecule has 5 nitrogen and oxygen atoms in total. The number of carbonyl (C=O) groups is 1. The predicted octanol–water partition coefficient (Wildman–Crippen LogP) is 3.24. The van der Waals surface area contributed by atoms with E-state index in [0.29, 0.717) is 12.6 Å². The van der Waals surface area contributed by atoms with Crippen molar-refractivity contribution >= 4 is 6.09 Å². The lowest BCUT2D eigenvalue weighted by atomic mass is 9.87. The van der Waals surface area contributed by atoms with Gasteiger partial charge in [0.15, 0.2) is 0 Å². The maximum atomic E-state index is 11.7. The molecule has 0 saturated heterocycles. The Labute approximate surface area is 145 Å². The molecule has 0 bridgehead atoms. The second-order valence-electron chi connectivity index (χ2n) is 6.34. The van der Waals surface area contributed by atoms with Gasteiger partial charge in [0.25, 0.3) is 0 Å². The molecule has 5 heteroatoms. The molecule has 0 spiro atoms. The molecule has 0 unspecified atom stereocenters. The van der Waals surface area contributed by atoms with Crippen molar-refractivity contribution in [1.29, 1.82) is 0 Å². The van der Waals surface area contributed by atoms with E-state index in [1.807, 2.05) is 30.3 Å². The maximum Gasteiger partial charge on any atom is 0.407 e. The van der Waals surface area contributed by atoms with E-state index >= 15 is 0 Å². The van der Waals surface area contributed by atoms with Crippen molar-refractivity contribution in [2.24, 2.45) is 0 Å². The van der Waals surface area contributed by atoms with E-state index < -0.39 is 0 Å². The summed E-state index contributed by atoms with van der Waals surface area (Å²) < 4.78 is 10.8. The van der Waals surface area contributed by atoms with Crippen LogP contribution in [0.1, 0.15) is 44.6 Å². The van der Waals surface area contributed by atoms with Gasteiger partial charge in [-0.05, 0) is 37.8 Å². The number of hydrogen-bond donors (Lipinski definition) is 2. The molecular weight excluding hydrogens is 304 g/mol. The standard InChI is InChI=1S/C19H30N2O3/c1-2-3-11-23-12-7-10-20-17-13-18(14-17)21-19(22)24-15-16-8-5-4-6-9-16/h4-6,8-9,17-18,20H,2-3,7,10-15H2,1H3,(H,21,22). The number of rotatable bonds is 11. The molecule has 1 aliphatic carbocycles. The van der Waals surface area contributed by atoms with Crippen molar-refractivity contribution in [2.45, 2.75) is 57.7 Å². The third kappa shape index (κ3) is 7.32. The third-order valence-electron chi connectivity index (χ3n) is 4.21. The second kappa shape index (κ2) is 11.0. The first-order valence-corrected chi connectivity index (χ1v) is 9.06. The summed E-state index contributed by atoms with van der Waals surface area (Å²) in [4.78, 5) is 11.7. The molecule has 0 heterocycles. The van der Waals surface area contributed by atoms with Crippen LogP contribution < -0.4 is 10.6 Å². The van der Waals surface area contributed by atoms with Gasteiger partial charge >= 0.3 is 6.09 Å². The summed E-state index contributed by atoms with van der Waals surface area (Å²) in [5.41, 5.74) is 1.00. The van der Waals surface area contributed by atoms with Gasteiger partial charge < -0.3 is 20.1 Å². The Bertz CT molecular complexity index is 461. The van der Waals surface area contributed by atoms with E-state index in [-0.39, 0.29) is 12.1 Å². The number of carbonyl (C=O) groups excluding carboxylic acids is 1. The monoisotopic (exact) mass is 334 g/mol. The van der Waals surface area contributed by atoms with Crippen LogP contribution in [0.2, 0.25) is 0 Å². The van der Waals surface area contributed by atoms with Gasteiger partial charge in [-0.25, -0.2) is 4.79 Å². The fourth-order valence-corrected chi connectivity index (χ4v) is 2.66. The van der Waals surface area contributed by atoms with Crippen molar-refractivity contribution in [1.82, 2.24) is 10.6 Å². The van der Waals surface area contributed by atoms with Gasteiger partial charge in [-0.1, -0.05) is 43.7 Å². The normalized spacial score (nSPS) is 19.5. The van der Waals surface area contributed by atoms with E-state index in [9.17, 15) is 4.79 Å². The minimum Gasteiger partial charge on any atom is -0.445 e. The molecule has 1 fully saturated rings. The molecule has 0 radical (unpaired) electrons. The van der Waals surface area contributed by atoms with Crippen molar-refractivity contribution < 1.29 is 14.3 Å². The first-order valence-electron chi connectivity index (χ1n) is 9.06. The quantitative estimate of drug-likeness (QED) is 0.610. The van der Waals surface area contributed by atoms with Gasteiger partial charge in [0.2, 0.25) is 0 Å². The lowest BCUT2D eigenvalue weighted by Gasteiger charge is -2.36. The summed E-state index contributed by atoms with van der Waals surface area (Å²) in [6.45, 7) is 5.16. The maximum absolute atomic E-state index is 11.7. The van der Waals surface area contributed by atoms with Crippen molar-refractivity contribution in [3.63, 3.8) is 0 Å². The van der Waals surface area contributed by atoms with E-state index in [4.69, 9.17) is 9.47 Å². The number of ether oxygens (including phenoxy) is 2. The minimum atomic E-state index is -0.327. The first kappa shape index (κ1) is 18.7. The average Bonchev–Trinajstić information content (AvgIpc) is 2.57. The van der Waals surface area contributed by atoms with Crippen molar-refractivity contribution in [2.75, 3.05) is 19.8 Å². The lowest BCUT2D eigenvalue weighted by molar-refractivity contribution is 0.120. The number of nitrogens with one attached hydrogen (secondary N) is 2. The molecule has 24 heavy (non-hydrogen) atoms. The topological polar surface area (TPSA) is 59.6 Å². The van der Waals surface area contributed by atoms with Crippen LogP contribution in [-0.2, 0) is 16.1 Å². The van der Waals surface area contributed by atoms with Crippen molar-refractivity contribution in [3.05, 3.63) is 35.9 Å². The highest BCUT2D eigenvalue weighted by molar-refractivity contribution is 5.67. The molecule has 2 N–H and O–H groups in total. The van der Waals surface area contributed by atoms with Crippen molar-refractivity contribution in [3.8, 4) is 0 Å². The van der Waals surface area contributed by atoms with Crippen LogP contribution in [0.25, 0.3) is 0 Å². The molecule has 134 valence electrons. The third-order valence-corrected chi connectivity index (χ3v) is 4.21. The Morgan fingerprint density at radius 3 is 2.62 bits per heavy atom. The van der Waals surface area contributed by atoms with E-state index in [0.717, 1.165) is 51.0 Å². The number of unbranched alkanes of at least 4 members (excludes halogenated alkanes) is 1. The zero-order valence-corrected chi connectivity index (χ0v) is 14.6. The van der Waals surface area contributed by atoms with Crippen LogP contribution in [0.4, 0.5) is 4.79 Å². The fourth-order valence-electron chi connectivity index (χ4n) is 2.66. The summed E-state index contributed by atoms with van der Waals surface area (Å²) in [6.07, 6.45) is 4.98. The number of benzene rings is 1. The summed E-state index contributed by atoms with van der Waals surface area (Å²) in [6, 6.07) is 10.4. The highest BCUT2D eigenvalue weighted by Gasteiger charge is 2.30. The minimum absolute atomic E-state index is 0.228. The molecule has 1 aromatic rings. The van der Waals surface area contributed by atoms with Gasteiger partial charge in [-0.3, -0.25) is 0 Å². The van der Waals surface area contributed by atoms with Gasteiger partial charge in [0.05, 0.1) is 0 Å². The zero-order chi connectivity index (χ0) is 17.0. The lowest BCUT2D eigenvalue weighted by Crippen LogP contribution is -2.52. The Balaban J connectivity index is 1.44. The average molecular weight is 334 g/mol. The van der Waals surface area contributed by atoms with Crippen LogP contribution >= 0.6 is 0 Å². The van der Waals surface area contributed by atoms with Crippen LogP contribution in [-0.4, -0.2) is 37.9 Å². The number of alkyl carbamates (subject to hydrolysis) is 1. The van der Waals surface area contributed by atoms with Crippen LogP contribution in [0.15, 0.2) is 30.3 Å². The summed E-state index contributed by atoms with van der Waals surface area (Å²) in [7, 11) is 0. The van der Waals surface area contributed by atoms with Gasteiger partial charge in [0, 0.05) is 25.3 Å². The van der Waals surface area contributed by atoms with E-state index in [1.165, 1.54) is 6.42 Å². The van der Waals surface area contributed by atoms with Gasteiger partial charge in [-0.2, -0.15) is 0 Å². The van der Waals surface area contributed by atoms with Crippen LogP contribution in [0, 0.1) is 0 Å². The second-order valence-corrected chi connectivity index (χ2v) is 6.34. The Hall–Kier alpha value is -1.59. The highest BCUT2D eigenvalue weighted by atomic mass is 16.5. The molecule has 0 aliphatic heterocycles. The van der Waals surface area contributed by atoms with Gasteiger partial charge in [0.1, 0.15) is 6.61 Å². The molecule has 1 saturated carbocycles. The Kier molecular flexibility index (Phi) is 8.63. The summed E-state index contributed by atoms with van der Waals surface area (Å²) in [5.74, 6) is 0. The largest absolute Gasteiger partial charge is 0.445 e. The molecule has 0 atom stereocenters. The van der Waals surface area contributed by atoms with Gasteiger partial charge in [-0.15, -0.1) is 0 Å². The van der Waals surface area contributed by atoms with Crippen LogP contribution in [0.5, 0.6) is 0 Å². The smallest absolute Gasteiger partial charge is 0.407 e. The molecular formula is C19H30N2O3. The SMILES string of the molecule is CCCCOCCCNC1CC(NC(=O)OCc2ccccc2)C1. The summed E-state index contributed by atoms with van der Waals surface area (Å²) >= 11 is 0. The number of amides is 1. The zero-order valence-electron chi connectivity index (χ0n) is 14.6. The van der Waals surface area contributed by atoms with E-state index in [2.05, 4.69) is 17.6 Å². The summed E-state index contributed by atoms with van der Waals surface area (Å²) in [5, 5.41) is 6.41. The first-order chi connectivity index (χ1) is 11.8. The van der Waals surface area contributed by atoms with E-state index in [1.54, 1.807) is 0 Å². The molecule has 1 amide bonds.